The Hall–Kier alpha value is -2.10. The molecule has 21 heavy (non-hydrogen) atoms. The van der Waals surface area contributed by atoms with Crippen LogP contribution in [0.4, 0.5) is 0 Å². The van der Waals surface area contributed by atoms with Gasteiger partial charge >= 0.3 is 11.9 Å². The van der Waals surface area contributed by atoms with Crippen molar-refractivity contribution in [3.63, 3.8) is 0 Å². The maximum Gasteiger partial charge on any atom is 0.334 e. The first-order valence-corrected chi connectivity index (χ1v) is 7.10. The van der Waals surface area contributed by atoms with Crippen LogP contribution in [0.5, 0.6) is 0 Å². The zero-order chi connectivity index (χ0) is 15.1. The number of ether oxygens (including phenoxy) is 2. The van der Waals surface area contributed by atoms with Gasteiger partial charge in [-0.15, -0.1) is 0 Å². The molecule has 1 aliphatic heterocycles. The van der Waals surface area contributed by atoms with Crippen molar-refractivity contribution in [1.82, 2.24) is 0 Å². The Morgan fingerprint density at radius 3 is 2.48 bits per heavy atom. The van der Waals surface area contributed by atoms with Gasteiger partial charge in [-0.3, -0.25) is 4.79 Å². The molecule has 1 aliphatic carbocycles. The van der Waals surface area contributed by atoms with Gasteiger partial charge in [0.1, 0.15) is 12.0 Å². The minimum Gasteiger partial charge on any atom is -0.466 e. The fraction of sp³-hybridized carbons (Fsp3) is 0.412. The van der Waals surface area contributed by atoms with Crippen LogP contribution in [0.15, 0.2) is 35.9 Å². The zero-order valence-corrected chi connectivity index (χ0v) is 12.3. The Kier molecular flexibility index (Phi) is 3.32. The normalized spacial score (nSPS) is 30.6. The third kappa shape index (κ3) is 2.15. The molecule has 2 aliphatic rings. The van der Waals surface area contributed by atoms with Gasteiger partial charge in [-0.1, -0.05) is 42.8 Å². The van der Waals surface area contributed by atoms with Crippen molar-refractivity contribution in [2.75, 3.05) is 7.11 Å². The summed E-state index contributed by atoms with van der Waals surface area (Å²) in [5.74, 6) is -1.14. The lowest BCUT2D eigenvalue weighted by Gasteiger charge is -2.46. The summed E-state index contributed by atoms with van der Waals surface area (Å²) in [6, 6.07) is 7.91. The molecule has 0 bridgehead atoms. The zero-order valence-electron chi connectivity index (χ0n) is 12.3. The highest BCUT2D eigenvalue weighted by atomic mass is 16.6. The van der Waals surface area contributed by atoms with E-state index in [1.807, 2.05) is 44.2 Å². The van der Waals surface area contributed by atoms with Gasteiger partial charge in [-0.25, -0.2) is 4.79 Å². The highest BCUT2D eigenvalue weighted by molar-refractivity contribution is 5.94. The Morgan fingerprint density at radius 1 is 1.24 bits per heavy atom. The Bertz CT molecular complexity index is 614. The van der Waals surface area contributed by atoms with Gasteiger partial charge in [0.05, 0.1) is 7.11 Å². The molecule has 4 heteroatoms. The van der Waals surface area contributed by atoms with Crippen LogP contribution in [0, 0.1) is 18.8 Å². The van der Waals surface area contributed by atoms with Crippen molar-refractivity contribution >= 4 is 11.9 Å². The number of rotatable bonds is 2. The molecule has 1 fully saturated rings. The van der Waals surface area contributed by atoms with Gasteiger partial charge in [0.15, 0.2) is 0 Å². The van der Waals surface area contributed by atoms with Gasteiger partial charge < -0.3 is 9.47 Å². The van der Waals surface area contributed by atoms with Crippen molar-refractivity contribution in [3.8, 4) is 0 Å². The summed E-state index contributed by atoms with van der Waals surface area (Å²) in [7, 11) is 1.37. The van der Waals surface area contributed by atoms with Crippen molar-refractivity contribution in [2.45, 2.75) is 25.9 Å². The number of carbonyl (C=O) groups excluding carboxylic acids is 2. The Labute approximate surface area is 123 Å². The lowest BCUT2D eigenvalue weighted by molar-refractivity contribution is -0.192. The smallest absolute Gasteiger partial charge is 0.334 e. The summed E-state index contributed by atoms with van der Waals surface area (Å²) < 4.78 is 10.2. The molecule has 4 nitrogen and oxygen atoms in total. The number of benzene rings is 1. The quantitative estimate of drug-likeness (QED) is 0.783. The summed E-state index contributed by atoms with van der Waals surface area (Å²) in [4.78, 5) is 24.0. The van der Waals surface area contributed by atoms with Crippen LogP contribution in [0.1, 0.15) is 24.0 Å². The lowest BCUT2D eigenvalue weighted by atomic mass is 9.67. The van der Waals surface area contributed by atoms with Gasteiger partial charge in [0.25, 0.3) is 0 Å². The molecule has 0 radical (unpaired) electrons. The second-order valence-electron chi connectivity index (χ2n) is 5.79. The molecule has 1 aromatic rings. The molecule has 1 saturated heterocycles. The number of hydrogen-bond donors (Lipinski definition) is 0. The molecular formula is C17H18O4. The summed E-state index contributed by atoms with van der Waals surface area (Å²) in [5.41, 5.74) is 2.65. The summed E-state index contributed by atoms with van der Waals surface area (Å²) >= 11 is 0. The number of methoxy groups -OCH3 is 1. The van der Waals surface area contributed by atoms with Crippen LogP contribution in [0.25, 0.3) is 0 Å². The van der Waals surface area contributed by atoms with Crippen LogP contribution in [0.3, 0.4) is 0 Å². The fourth-order valence-corrected chi connectivity index (χ4v) is 3.26. The topological polar surface area (TPSA) is 52.6 Å². The average molecular weight is 286 g/mol. The van der Waals surface area contributed by atoms with E-state index in [4.69, 9.17) is 9.47 Å². The standard InChI is InChI=1S/C17H18O4/c1-9-4-6-11(7-5-9)13-12(16(18)20-3)8-10(2)15-14(13)17(19)21-15/h4-8,10,13-15H,1-3H3/t10-,13+,14-,15+/m0/s1. The summed E-state index contributed by atoms with van der Waals surface area (Å²) in [5, 5.41) is 0. The van der Waals surface area contributed by atoms with E-state index >= 15 is 0 Å². The van der Waals surface area contributed by atoms with Crippen molar-refractivity contribution in [3.05, 3.63) is 47.0 Å². The summed E-state index contributed by atoms with van der Waals surface area (Å²) in [6.45, 7) is 3.96. The largest absolute Gasteiger partial charge is 0.466 e. The van der Waals surface area contributed by atoms with Crippen LogP contribution >= 0.6 is 0 Å². The number of esters is 2. The van der Waals surface area contributed by atoms with Crippen molar-refractivity contribution < 1.29 is 19.1 Å². The van der Waals surface area contributed by atoms with Crippen molar-refractivity contribution in [1.29, 1.82) is 0 Å². The van der Waals surface area contributed by atoms with E-state index in [0.717, 1.165) is 11.1 Å². The Morgan fingerprint density at radius 2 is 1.90 bits per heavy atom. The molecule has 0 aromatic heterocycles. The Balaban J connectivity index is 2.07. The van der Waals surface area contributed by atoms with Crippen LogP contribution in [0.2, 0.25) is 0 Å². The molecule has 3 rings (SSSR count). The number of carbonyl (C=O) groups is 2. The monoisotopic (exact) mass is 286 g/mol. The molecule has 1 heterocycles. The molecule has 0 N–H and O–H groups in total. The highest BCUT2D eigenvalue weighted by Crippen LogP contribution is 2.48. The molecular weight excluding hydrogens is 268 g/mol. The maximum atomic E-state index is 12.1. The minimum absolute atomic E-state index is 0.0310. The van der Waals surface area contributed by atoms with Gasteiger partial charge in [0, 0.05) is 17.4 Å². The van der Waals surface area contributed by atoms with Crippen LogP contribution in [-0.4, -0.2) is 25.2 Å². The highest BCUT2D eigenvalue weighted by Gasteiger charge is 2.54. The lowest BCUT2D eigenvalue weighted by Crippen LogP contribution is -2.54. The summed E-state index contributed by atoms with van der Waals surface area (Å²) in [6.07, 6.45) is 1.74. The number of aryl methyl sites for hydroxylation is 1. The van der Waals surface area contributed by atoms with E-state index in [1.54, 1.807) is 0 Å². The average Bonchev–Trinajstić information content (AvgIpc) is 2.47. The van der Waals surface area contributed by atoms with Gasteiger partial charge in [-0.05, 0) is 12.5 Å². The van der Waals surface area contributed by atoms with Gasteiger partial charge in [-0.2, -0.15) is 0 Å². The number of fused-ring (bicyclic) bond motifs is 1. The molecule has 0 amide bonds. The molecule has 0 spiro atoms. The SMILES string of the molecule is COC(=O)C1=C[C@H](C)[C@H]2OC(=O)[C@H]2[C@@H]1c1ccc(C)cc1. The van der Waals surface area contributed by atoms with E-state index in [-0.39, 0.29) is 35.8 Å². The van der Waals surface area contributed by atoms with Gasteiger partial charge in [0.2, 0.25) is 0 Å². The number of hydrogen-bond acceptors (Lipinski definition) is 4. The first kappa shape index (κ1) is 13.9. The molecule has 1 aromatic carbocycles. The second-order valence-corrected chi connectivity index (χ2v) is 5.79. The molecule has 0 unspecified atom stereocenters. The van der Waals surface area contributed by atoms with E-state index in [1.165, 1.54) is 7.11 Å². The van der Waals surface area contributed by atoms with E-state index in [9.17, 15) is 9.59 Å². The van der Waals surface area contributed by atoms with E-state index in [0.29, 0.717) is 5.57 Å². The first-order valence-electron chi connectivity index (χ1n) is 7.10. The molecule has 110 valence electrons. The predicted molar refractivity (Wildman–Crippen MR) is 76.6 cm³/mol. The predicted octanol–water partition coefficient (Wildman–Crippen LogP) is 2.37. The van der Waals surface area contributed by atoms with Crippen LogP contribution < -0.4 is 0 Å². The van der Waals surface area contributed by atoms with Crippen LogP contribution in [-0.2, 0) is 19.1 Å². The maximum absolute atomic E-state index is 12.1. The third-order valence-corrected chi connectivity index (χ3v) is 4.39. The molecule has 4 atom stereocenters. The van der Waals surface area contributed by atoms with Crippen molar-refractivity contribution in [2.24, 2.45) is 11.8 Å². The molecule has 0 saturated carbocycles. The fourth-order valence-electron chi connectivity index (χ4n) is 3.26. The van der Waals surface area contributed by atoms with E-state index < -0.39 is 0 Å². The first-order chi connectivity index (χ1) is 10.0. The second kappa shape index (κ2) is 5.02. The third-order valence-electron chi connectivity index (χ3n) is 4.39. The minimum atomic E-state index is -0.370. The van der Waals surface area contributed by atoms with E-state index in [2.05, 4.69) is 0 Å².